The van der Waals surface area contributed by atoms with Crippen LogP contribution in [0.1, 0.15) is 103 Å². The number of amides is 3. The Hall–Kier alpha value is -7.63. The predicted molar refractivity (Wildman–Crippen MR) is 335 cm³/mol. The number of rotatable bonds is 24. The molecule has 0 bridgehead atoms. The molecule has 91 heavy (non-hydrogen) atoms. The number of halogens is 4. The second-order valence-corrected chi connectivity index (χ2v) is 28.6. The zero-order valence-electron chi connectivity index (χ0n) is 51.8. The van der Waals surface area contributed by atoms with E-state index in [2.05, 4.69) is 36.6 Å². The molecule has 3 fully saturated rings. The van der Waals surface area contributed by atoms with Crippen molar-refractivity contribution in [2.24, 2.45) is 5.41 Å². The van der Waals surface area contributed by atoms with Gasteiger partial charge in [-0.2, -0.15) is 15.0 Å². The Morgan fingerprint density at radius 3 is 2.38 bits per heavy atom. The smallest absolute Gasteiger partial charge is 0.493 e. The molecule has 3 aromatic heterocycles. The first-order valence-corrected chi connectivity index (χ1v) is 32.8. The van der Waals surface area contributed by atoms with Crippen LogP contribution in [0.25, 0.3) is 10.4 Å². The third kappa shape index (κ3) is 16.0. The van der Waals surface area contributed by atoms with E-state index >= 15 is 0 Å². The van der Waals surface area contributed by atoms with E-state index in [1.807, 2.05) is 43.9 Å². The number of aryl methyl sites for hydroxylation is 1. The predicted octanol–water partition coefficient (Wildman–Crippen LogP) is 8.46. The molecule has 3 aromatic carbocycles. The number of thiazole rings is 1. The van der Waals surface area contributed by atoms with Crippen LogP contribution in [-0.4, -0.2) is 155 Å². The highest BCUT2D eigenvalue weighted by Crippen LogP contribution is 2.48. The number of hydrogen-bond donors (Lipinski definition) is 6. The van der Waals surface area contributed by atoms with Crippen molar-refractivity contribution in [3.8, 4) is 33.7 Å². The molecule has 4 atom stereocenters. The van der Waals surface area contributed by atoms with Crippen LogP contribution in [0.15, 0.2) is 83.3 Å². The van der Waals surface area contributed by atoms with Gasteiger partial charge in [-0.1, -0.05) is 56.6 Å². The summed E-state index contributed by atoms with van der Waals surface area (Å²) in [5.41, 5.74) is 0.0748. The molecule has 2 saturated heterocycles. The summed E-state index contributed by atoms with van der Waals surface area (Å²) in [6, 6.07) is 14.1. The summed E-state index contributed by atoms with van der Waals surface area (Å²) in [6.07, 6.45) is -1.96. The lowest BCUT2D eigenvalue weighted by Gasteiger charge is -2.35. The van der Waals surface area contributed by atoms with Gasteiger partial charge in [-0.3, -0.25) is 19.4 Å². The highest BCUT2D eigenvalue weighted by Gasteiger charge is 2.54. The number of fused-ring (bicyclic) bond motifs is 1. The number of aliphatic hydroxyl groups is 1. The number of nitrogens with zero attached hydrogens (tertiary/aromatic N) is 7. The number of anilines is 4. The molecular weight excluding hydrogens is 1250 g/mol. The Kier molecular flexibility index (Phi) is 19.1. The zero-order valence-corrected chi connectivity index (χ0v) is 54.2. The third-order valence-corrected chi connectivity index (χ3v) is 18.2. The maximum Gasteiger partial charge on any atom is 0.586 e. The number of aromatic nitrogens is 5. The first-order valence-electron chi connectivity index (χ1n) is 29.7. The summed E-state index contributed by atoms with van der Waals surface area (Å²) >= 11 is 8.20. The number of carbonyl (C=O) groups excluding carboxylic acids is 3. The van der Waals surface area contributed by atoms with Gasteiger partial charge in [-0.25, -0.2) is 17.8 Å². The van der Waals surface area contributed by atoms with Crippen molar-refractivity contribution < 1.29 is 64.8 Å². The second kappa shape index (κ2) is 26.2. The van der Waals surface area contributed by atoms with Gasteiger partial charge in [0.2, 0.25) is 23.7 Å². The first kappa shape index (κ1) is 66.3. The van der Waals surface area contributed by atoms with Crippen molar-refractivity contribution in [1.29, 1.82) is 0 Å². The van der Waals surface area contributed by atoms with Crippen LogP contribution >= 0.6 is 22.9 Å². The van der Waals surface area contributed by atoms with E-state index in [-0.39, 0.29) is 108 Å². The highest BCUT2D eigenvalue weighted by molar-refractivity contribution is 7.90. The second-order valence-electron chi connectivity index (χ2n) is 25.3. The van der Waals surface area contributed by atoms with Crippen LogP contribution < -0.4 is 50.4 Å². The number of carbonyl (C=O) groups is 3. The van der Waals surface area contributed by atoms with Crippen LogP contribution in [0.4, 0.5) is 36.4 Å². The minimum atomic E-state index is -3.96. The fraction of sp³-hybridized carbons (Fsp3) is 0.484. The summed E-state index contributed by atoms with van der Waals surface area (Å²) in [7, 11) is -3.81. The van der Waals surface area contributed by atoms with Crippen LogP contribution in [-0.2, 0) is 35.5 Å². The Balaban J connectivity index is 0.843. The third-order valence-electron chi connectivity index (χ3n) is 15.8. The van der Waals surface area contributed by atoms with Crippen molar-refractivity contribution >= 4 is 73.8 Å². The van der Waals surface area contributed by atoms with Gasteiger partial charge in [-0.05, 0) is 101 Å². The summed E-state index contributed by atoms with van der Waals surface area (Å²) in [5.74, 6) is -1.76. The number of piperazine rings is 1. The molecule has 4 aliphatic rings. The lowest BCUT2D eigenvalue weighted by molar-refractivity contribution is -0.287. The molecule has 0 unspecified atom stereocenters. The normalized spacial score (nSPS) is 18.5. The maximum absolute atomic E-state index is 14.8. The van der Waals surface area contributed by atoms with E-state index in [1.165, 1.54) is 52.8 Å². The van der Waals surface area contributed by atoms with E-state index in [1.54, 1.807) is 58.3 Å². The molecule has 3 aliphatic heterocycles. The summed E-state index contributed by atoms with van der Waals surface area (Å²) in [5, 5.41) is 26.4. The monoisotopic (exact) mass is 1320 g/mol. The molecule has 10 rings (SSSR count). The molecule has 23 nitrogen and oxygen atoms in total. The van der Waals surface area contributed by atoms with Crippen LogP contribution in [0.3, 0.4) is 0 Å². The standard InChI is InChI=1S/C62H74ClF3N12O11S2/c1-35-50(90-34-70-35)36-15-16-37(31-69-52(80)44-29-38(79)32-78(44)53(81)51(58(2,3)4)73-54(82)61(64)19-20-61)46(28-36)85-27-21-59(5,6)86-33-60(7,8)89-57-75-55(74-56(76-57)77-25-23-67-24-26-77)72-43-30-39(91(9,83)84)17-18-42(43)71-47(48-41(63)13-11-22-68-48)40-12-10-14-45-49(40)88-62(65,66)87-45/h10-18,22,28,30,34,38,44,47,51,67,71,79H,19-21,23-27,29,31-33H2,1-9H3,(H,69,80)(H,73,82)(H,72,74,75,76)/t38-,44-,47-,51+/m0/s1. The Bertz CT molecular complexity index is 3810. The lowest BCUT2D eigenvalue weighted by Crippen LogP contribution is -2.59. The van der Waals surface area contributed by atoms with Crippen molar-refractivity contribution in [2.45, 2.75) is 140 Å². The summed E-state index contributed by atoms with van der Waals surface area (Å²) in [4.78, 5) is 68.3. The molecular formula is C62H74ClF3N12O11S2. The van der Waals surface area contributed by atoms with Gasteiger partial charge in [-0.15, -0.1) is 20.1 Å². The number of β-amino-alcohol motifs (C(OH)–C–C–N with tert-alkyl or cyclic N) is 1. The molecule has 6 aromatic rings. The Morgan fingerprint density at radius 1 is 0.934 bits per heavy atom. The van der Waals surface area contributed by atoms with Crippen molar-refractivity contribution in [2.75, 3.05) is 67.7 Å². The fourth-order valence-corrected chi connectivity index (χ4v) is 12.2. The van der Waals surface area contributed by atoms with Gasteiger partial charge in [0, 0.05) is 75.7 Å². The molecule has 0 radical (unpaired) electrons. The van der Waals surface area contributed by atoms with Crippen LogP contribution in [0, 0.1) is 12.3 Å². The lowest BCUT2D eigenvalue weighted by atomic mass is 9.85. The molecule has 1 saturated carbocycles. The summed E-state index contributed by atoms with van der Waals surface area (Å²) < 4.78 is 99.8. The number of nitrogens with one attached hydrogen (secondary N) is 5. The van der Waals surface area contributed by atoms with Crippen LogP contribution in [0.2, 0.25) is 5.02 Å². The number of likely N-dealkylation sites (tertiary alicyclic amines) is 1. The number of alkyl halides is 3. The number of ether oxygens (including phenoxy) is 5. The van der Waals surface area contributed by atoms with Gasteiger partial charge in [0.05, 0.1) is 74.0 Å². The quantitative estimate of drug-likeness (QED) is 0.0331. The highest BCUT2D eigenvalue weighted by atomic mass is 35.5. The van der Waals surface area contributed by atoms with E-state index in [0.717, 1.165) is 22.4 Å². The van der Waals surface area contributed by atoms with Gasteiger partial charge < -0.3 is 65.2 Å². The SMILES string of the molecule is Cc1ncsc1-c1ccc(CNC(=O)[C@@H]2C[C@H](O)CN2C(=O)[C@@H](NC(=O)C2(F)CC2)C(C)(C)C)c(OCCC(C)(C)OCC(C)(C)Oc2nc(Nc3cc(S(C)(=O)=O)ccc3N[C@@H](c3cccc4c3OC(F)(F)O4)c3ncccc3Cl)nc(N3CCNCC3)n2)c1. The van der Waals surface area contributed by atoms with Gasteiger partial charge in [0.15, 0.2) is 27.0 Å². The van der Waals surface area contributed by atoms with Crippen molar-refractivity contribution in [3.63, 3.8) is 0 Å². The minimum Gasteiger partial charge on any atom is -0.493 e. The topological polar surface area (TPSA) is 283 Å². The van der Waals surface area contributed by atoms with Gasteiger partial charge >= 0.3 is 12.3 Å². The zero-order chi connectivity index (χ0) is 65.4. The molecule has 488 valence electrons. The van der Waals surface area contributed by atoms with Gasteiger partial charge in [0.25, 0.3) is 5.91 Å². The maximum atomic E-state index is 14.8. The first-order chi connectivity index (χ1) is 42.8. The van der Waals surface area contributed by atoms with Crippen molar-refractivity contribution in [3.05, 3.63) is 106 Å². The summed E-state index contributed by atoms with van der Waals surface area (Å²) in [6.45, 7) is 16.9. The fourth-order valence-electron chi connectivity index (χ4n) is 10.5. The number of aliphatic hydroxyl groups excluding tert-OH is 1. The van der Waals surface area contributed by atoms with Gasteiger partial charge in [0.1, 0.15) is 23.4 Å². The average molecular weight is 1320 g/mol. The molecule has 6 heterocycles. The number of benzene rings is 3. The molecule has 6 N–H and O–H groups in total. The molecule has 1 aliphatic carbocycles. The number of sulfone groups is 1. The molecule has 3 amide bonds. The Morgan fingerprint density at radius 2 is 1.69 bits per heavy atom. The van der Waals surface area contributed by atoms with E-state index in [0.29, 0.717) is 43.9 Å². The molecule has 29 heteroatoms. The Labute approximate surface area is 534 Å². The van der Waals surface area contributed by atoms with Crippen molar-refractivity contribution in [1.82, 2.24) is 45.8 Å². The van der Waals surface area contributed by atoms with E-state index < -0.39 is 80.4 Å². The largest absolute Gasteiger partial charge is 0.586 e. The van der Waals surface area contributed by atoms with E-state index in [4.69, 9.17) is 50.2 Å². The van der Waals surface area contributed by atoms with E-state index in [9.17, 15) is 41.1 Å². The minimum absolute atomic E-state index is 0.00897. The average Bonchev–Trinajstić information content (AvgIpc) is 1.69. The number of hydrogen-bond acceptors (Lipinski definition) is 21. The molecule has 0 spiro atoms. The number of pyridine rings is 1. The van der Waals surface area contributed by atoms with Crippen LogP contribution in [0.5, 0.6) is 23.3 Å². The number of para-hydroxylation sites is 1.